The van der Waals surface area contributed by atoms with E-state index in [1.54, 1.807) is 0 Å². The number of aliphatic hydroxyl groups is 2. The van der Waals surface area contributed by atoms with Gasteiger partial charge in [-0.25, -0.2) is 0 Å². The summed E-state index contributed by atoms with van der Waals surface area (Å²) in [6.45, 7) is 4.05. The molecule has 150 valence electrons. The molecule has 0 spiro atoms. The third-order valence-electron chi connectivity index (χ3n) is 5.97. The van der Waals surface area contributed by atoms with Crippen LogP contribution in [-0.2, 0) is 12.8 Å². The molecule has 2 aromatic rings. The molecule has 0 amide bonds. The molecule has 0 radical (unpaired) electrons. The first-order valence-corrected chi connectivity index (χ1v) is 10.1. The molecule has 5 nitrogen and oxygen atoms in total. The zero-order valence-electron chi connectivity index (χ0n) is 16.9. The first-order chi connectivity index (χ1) is 14.0. The van der Waals surface area contributed by atoms with Crippen molar-refractivity contribution in [2.45, 2.75) is 57.8 Å². The second-order valence-electron chi connectivity index (χ2n) is 7.87. The van der Waals surface area contributed by atoms with Gasteiger partial charge < -0.3 is 15.5 Å². The van der Waals surface area contributed by atoms with Crippen LogP contribution in [0.3, 0.4) is 0 Å². The number of benzene rings is 2. The molecular formula is C24H27N3O2. The Hall–Kier alpha value is -2.86. The van der Waals surface area contributed by atoms with Crippen molar-refractivity contribution in [3.05, 3.63) is 64.2 Å². The summed E-state index contributed by atoms with van der Waals surface area (Å²) in [5.74, 6) is 0.359. The number of fused-ring (bicyclic) bond motifs is 2. The maximum absolute atomic E-state index is 10.1. The monoisotopic (exact) mass is 389 g/mol. The third-order valence-corrected chi connectivity index (χ3v) is 5.97. The van der Waals surface area contributed by atoms with E-state index in [-0.39, 0.29) is 6.04 Å². The van der Waals surface area contributed by atoms with Crippen molar-refractivity contribution in [3.63, 3.8) is 0 Å². The third kappa shape index (κ3) is 4.59. The van der Waals surface area contributed by atoms with E-state index in [1.165, 1.54) is 11.1 Å². The lowest BCUT2D eigenvalue weighted by Gasteiger charge is -2.43. The SMILES string of the molecule is CCc1ccc(C#N)cc1.Cc1cc2c(cc1C#N)NC1C(CCC(O)[C@H]1O)C2. The van der Waals surface area contributed by atoms with E-state index in [4.69, 9.17) is 10.5 Å². The average molecular weight is 389 g/mol. The fourth-order valence-electron chi connectivity index (χ4n) is 4.15. The van der Waals surface area contributed by atoms with Crippen LogP contribution in [0.2, 0.25) is 0 Å². The number of hydrogen-bond donors (Lipinski definition) is 3. The summed E-state index contributed by atoms with van der Waals surface area (Å²) in [5, 5.41) is 40.7. The minimum Gasteiger partial charge on any atom is -0.390 e. The minimum atomic E-state index is -0.723. The lowest BCUT2D eigenvalue weighted by Crippen LogP contribution is -2.52. The maximum Gasteiger partial charge on any atom is 0.100 e. The molecule has 1 aliphatic carbocycles. The van der Waals surface area contributed by atoms with Gasteiger partial charge in [-0.2, -0.15) is 10.5 Å². The Labute approximate surface area is 172 Å². The fourth-order valence-corrected chi connectivity index (χ4v) is 4.15. The summed E-state index contributed by atoms with van der Waals surface area (Å²) in [5.41, 5.74) is 5.81. The zero-order chi connectivity index (χ0) is 21.0. The van der Waals surface area contributed by atoms with E-state index >= 15 is 0 Å². The molecule has 0 saturated heterocycles. The Morgan fingerprint density at radius 2 is 1.79 bits per heavy atom. The largest absolute Gasteiger partial charge is 0.390 e. The maximum atomic E-state index is 10.1. The van der Waals surface area contributed by atoms with Gasteiger partial charge in [0.05, 0.1) is 35.4 Å². The predicted molar refractivity (Wildman–Crippen MR) is 112 cm³/mol. The number of aryl methyl sites for hydroxylation is 2. The van der Waals surface area contributed by atoms with Crippen LogP contribution < -0.4 is 5.32 Å². The molecule has 29 heavy (non-hydrogen) atoms. The van der Waals surface area contributed by atoms with Crippen LogP contribution >= 0.6 is 0 Å². The van der Waals surface area contributed by atoms with Crippen LogP contribution in [0.25, 0.3) is 0 Å². The molecule has 1 aliphatic heterocycles. The van der Waals surface area contributed by atoms with Crippen molar-refractivity contribution < 1.29 is 10.2 Å². The molecule has 2 aliphatic rings. The van der Waals surface area contributed by atoms with E-state index in [9.17, 15) is 10.2 Å². The Bertz CT molecular complexity index is 940. The fraction of sp³-hybridized carbons (Fsp3) is 0.417. The molecule has 0 aromatic heterocycles. The second-order valence-corrected chi connectivity index (χ2v) is 7.87. The van der Waals surface area contributed by atoms with Gasteiger partial charge in [0.15, 0.2) is 0 Å². The molecule has 4 atom stereocenters. The number of rotatable bonds is 1. The Balaban J connectivity index is 0.000000204. The van der Waals surface area contributed by atoms with E-state index in [0.717, 1.165) is 36.1 Å². The molecule has 1 fully saturated rings. The van der Waals surface area contributed by atoms with Crippen LogP contribution in [0, 0.1) is 35.5 Å². The Morgan fingerprint density at radius 1 is 1.07 bits per heavy atom. The van der Waals surface area contributed by atoms with Crippen LogP contribution in [0.15, 0.2) is 36.4 Å². The lowest BCUT2D eigenvalue weighted by molar-refractivity contribution is -0.0351. The average Bonchev–Trinajstić information content (AvgIpc) is 2.75. The molecule has 4 rings (SSSR count). The van der Waals surface area contributed by atoms with Crippen molar-refractivity contribution in [2.75, 3.05) is 5.32 Å². The zero-order valence-corrected chi connectivity index (χ0v) is 16.9. The number of hydrogen-bond acceptors (Lipinski definition) is 5. The predicted octanol–water partition coefficient (Wildman–Crippen LogP) is 3.46. The number of nitriles is 2. The van der Waals surface area contributed by atoms with Crippen LogP contribution in [0.4, 0.5) is 5.69 Å². The van der Waals surface area contributed by atoms with E-state index < -0.39 is 12.2 Å². The van der Waals surface area contributed by atoms with Crippen LogP contribution in [0.5, 0.6) is 0 Å². The summed E-state index contributed by atoms with van der Waals surface area (Å²) >= 11 is 0. The second kappa shape index (κ2) is 9.09. The standard InChI is InChI=1S/C15H18N2O2.C9H9N/c1-8-4-10-5-9-2-3-13(18)15(19)14(9)17-12(10)6-11(8)7-16;1-2-8-3-5-9(7-10)6-4-8/h4,6,9,13-15,17-19H,2-3,5H2,1H3;3-6H,2H2,1H3/t9?,13?,14?,15-;/m1./s1. The highest BCUT2D eigenvalue weighted by atomic mass is 16.3. The van der Waals surface area contributed by atoms with Crippen molar-refractivity contribution in [1.29, 1.82) is 10.5 Å². The number of aliphatic hydroxyl groups excluding tert-OH is 2. The van der Waals surface area contributed by atoms with E-state index in [2.05, 4.69) is 30.4 Å². The topological polar surface area (TPSA) is 100 Å². The summed E-state index contributed by atoms with van der Waals surface area (Å²) < 4.78 is 0. The minimum absolute atomic E-state index is 0.106. The van der Waals surface area contributed by atoms with E-state index in [0.29, 0.717) is 17.9 Å². The van der Waals surface area contributed by atoms with Gasteiger partial charge in [0.25, 0.3) is 0 Å². The summed E-state index contributed by atoms with van der Waals surface area (Å²) in [7, 11) is 0. The Morgan fingerprint density at radius 3 is 2.41 bits per heavy atom. The molecule has 5 heteroatoms. The van der Waals surface area contributed by atoms with Gasteiger partial charge in [0.2, 0.25) is 0 Å². The van der Waals surface area contributed by atoms with Gasteiger partial charge >= 0.3 is 0 Å². The van der Waals surface area contributed by atoms with Crippen molar-refractivity contribution in [1.82, 2.24) is 0 Å². The quantitative estimate of drug-likeness (QED) is 0.694. The smallest absolute Gasteiger partial charge is 0.100 e. The highest BCUT2D eigenvalue weighted by molar-refractivity contribution is 5.61. The van der Waals surface area contributed by atoms with Gasteiger partial charge in [0, 0.05) is 5.69 Å². The van der Waals surface area contributed by atoms with E-state index in [1.807, 2.05) is 37.3 Å². The normalized spacial score (nSPS) is 24.5. The van der Waals surface area contributed by atoms with Gasteiger partial charge in [-0.1, -0.05) is 25.1 Å². The van der Waals surface area contributed by atoms with Gasteiger partial charge in [-0.05, 0) is 73.4 Å². The molecule has 3 N–H and O–H groups in total. The first-order valence-electron chi connectivity index (χ1n) is 10.1. The highest BCUT2D eigenvalue weighted by Crippen LogP contribution is 2.37. The highest BCUT2D eigenvalue weighted by Gasteiger charge is 2.40. The molecular weight excluding hydrogens is 362 g/mol. The summed E-state index contributed by atoms with van der Waals surface area (Å²) in [6.07, 6.45) is 2.16. The van der Waals surface area contributed by atoms with Crippen LogP contribution in [-0.4, -0.2) is 28.5 Å². The summed E-state index contributed by atoms with van der Waals surface area (Å²) in [6, 6.07) is 15.7. The van der Waals surface area contributed by atoms with Gasteiger partial charge in [-0.15, -0.1) is 0 Å². The molecule has 2 aromatic carbocycles. The number of nitrogens with one attached hydrogen (secondary N) is 1. The van der Waals surface area contributed by atoms with Gasteiger partial charge in [0.1, 0.15) is 6.10 Å². The van der Waals surface area contributed by atoms with Crippen molar-refractivity contribution in [3.8, 4) is 12.1 Å². The Kier molecular flexibility index (Phi) is 6.54. The van der Waals surface area contributed by atoms with Crippen molar-refractivity contribution >= 4 is 5.69 Å². The molecule has 1 heterocycles. The number of nitrogens with zero attached hydrogens (tertiary/aromatic N) is 2. The summed E-state index contributed by atoms with van der Waals surface area (Å²) in [4.78, 5) is 0. The molecule has 3 unspecified atom stereocenters. The molecule has 0 bridgehead atoms. The van der Waals surface area contributed by atoms with Gasteiger partial charge in [-0.3, -0.25) is 0 Å². The number of anilines is 1. The van der Waals surface area contributed by atoms with Crippen LogP contribution in [0.1, 0.15) is 47.6 Å². The molecule has 1 saturated carbocycles. The first kappa shape index (κ1) is 20.9. The lowest BCUT2D eigenvalue weighted by atomic mass is 9.75. The van der Waals surface area contributed by atoms with Crippen molar-refractivity contribution in [2.24, 2.45) is 5.92 Å².